The van der Waals surface area contributed by atoms with Gasteiger partial charge in [0.1, 0.15) is 5.75 Å². The van der Waals surface area contributed by atoms with Crippen LogP contribution in [0.2, 0.25) is 0 Å². The van der Waals surface area contributed by atoms with Gasteiger partial charge in [-0.25, -0.2) is 0 Å². The molecule has 10 heteroatoms. The van der Waals surface area contributed by atoms with E-state index in [4.69, 9.17) is 4.74 Å². The number of carbonyl (C=O) groups is 1. The van der Waals surface area contributed by atoms with Crippen LogP contribution in [0.3, 0.4) is 0 Å². The lowest BCUT2D eigenvalue weighted by Crippen LogP contribution is -2.44. The summed E-state index contributed by atoms with van der Waals surface area (Å²) in [6, 6.07) is 7.63. The highest BCUT2D eigenvalue weighted by atomic mass is 19.4. The third-order valence-corrected chi connectivity index (χ3v) is 8.07. The number of ether oxygens (including phenoxy) is 1. The molecule has 3 atom stereocenters. The summed E-state index contributed by atoms with van der Waals surface area (Å²) in [5, 5.41) is 6.33. The highest BCUT2D eigenvalue weighted by Gasteiger charge is 2.48. The Kier molecular flexibility index (Phi) is 7.76. The minimum atomic E-state index is -4.94. The number of amides is 1. The summed E-state index contributed by atoms with van der Waals surface area (Å²) >= 11 is 0. The fourth-order valence-electron chi connectivity index (χ4n) is 5.87. The number of rotatable bonds is 7. The quantitative estimate of drug-likeness (QED) is 0.378. The molecule has 2 N–H and O–H groups in total. The molecule has 0 aromatic heterocycles. The van der Waals surface area contributed by atoms with Gasteiger partial charge in [-0.15, -0.1) is 0 Å². The van der Waals surface area contributed by atoms with Crippen molar-refractivity contribution in [1.29, 1.82) is 0 Å². The zero-order chi connectivity index (χ0) is 27.9. The number of benzene rings is 2. The summed E-state index contributed by atoms with van der Waals surface area (Å²) in [5.41, 5.74) is -1.36. The maximum atomic E-state index is 13.4. The molecule has 2 aliphatic carbocycles. The monoisotopic (exact) mass is 542 g/mol. The van der Waals surface area contributed by atoms with Crippen LogP contribution < -0.4 is 15.4 Å². The molecule has 2 aromatic carbocycles. The van der Waals surface area contributed by atoms with Gasteiger partial charge in [-0.2, -0.15) is 26.3 Å². The lowest BCUT2D eigenvalue weighted by Gasteiger charge is -2.33. The van der Waals surface area contributed by atoms with Crippen LogP contribution >= 0.6 is 0 Å². The van der Waals surface area contributed by atoms with Gasteiger partial charge in [0.05, 0.1) is 23.7 Å². The lowest BCUT2D eigenvalue weighted by atomic mass is 9.74. The molecule has 1 unspecified atom stereocenters. The summed E-state index contributed by atoms with van der Waals surface area (Å²) in [4.78, 5) is 13.4. The molecule has 0 spiro atoms. The molecule has 2 aliphatic rings. The maximum Gasteiger partial charge on any atom is 0.416 e. The van der Waals surface area contributed by atoms with E-state index in [2.05, 4.69) is 16.7 Å². The number of hydrogen-bond donors (Lipinski definition) is 2. The van der Waals surface area contributed by atoms with Crippen molar-refractivity contribution in [2.75, 3.05) is 7.11 Å². The highest BCUT2D eigenvalue weighted by molar-refractivity contribution is 5.83. The van der Waals surface area contributed by atoms with Gasteiger partial charge >= 0.3 is 12.4 Å². The van der Waals surface area contributed by atoms with Crippen LogP contribution in [-0.2, 0) is 30.1 Å². The van der Waals surface area contributed by atoms with Crippen molar-refractivity contribution in [3.8, 4) is 5.75 Å². The number of carbonyl (C=O) groups excluding carboxylic acids is 1. The Labute approximate surface area is 218 Å². The fraction of sp³-hybridized carbons (Fsp3) is 0.536. The van der Waals surface area contributed by atoms with Crippen molar-refractivity contribution < 1.29 is 35.9 Å². The van der Waals surface area contributed by atoms with E-state index in [1.54, 1.807) is 7.11 Å². The maximum absolute atomic E-state index is 13.4. The van der Waals surface area contributed by atoms with E-state index < -0.39 is 35.4 Å². The standard InChI is InChI=1S/C28H32F6N2O2/c1-16(2)26(9-8-21(14-26)36-24-7-4-18-12-22(38-3)5-6-23(18)24)25(37)35-15-17-10-19(27(29,30)31)13-20(11-17)28(32,33)34/h5-6,10-13,16,21,24,36H,4,7-9,14-15H2,1-3H3,(H,35,37)/t21-,24?,26+/m1/s1. The number of aryl methyl sites for hydroxylation is 1. The predicted octanol–water partition coefficient (Wildman–Crippen LogP) is 6.82. The summed E-state index contributed by atoms with van der Waals surface area (Å²) in [6.07, 6.45) is -6.17. The topological polar surface area (TPSA) is 50.4 Å². The van der Waals surface area contributed by atoms with Gasteiger partial charge in [0.25, 0.3) is 0 Å². The Balaban J connectivity index is 1.46. The number of nitrogens with one attached hydrogen (secondary N) is 2. The first-order valence-electron chi connectivity index (χ1n) is 12.7. The van der Waals surface area contributed by atoms with E-state index in [1.807, 2.05) is 26.0 Å². The van der Waals surface area contributed by atoms with Crippen molar-refractivity contribution in [2.45, 2.75) is 76.9 Å². The van der Waals surface area contributed by atoms with Crippen molar-refractivity contribution in [2.24, 2.45) is 11.3 Å². The van der Waals surface area contributed by atoms with Crippen LogP contribution in [0.1, 0.15) is 73.4 Å². The third-order valence-electron chi connectivity index (χ3n) is 8.07. The van der Waals surface area contributed by atoms with Gasteiger partial charge in [0, 0.05) is 18.6 Å². The number of fused-ring (bicyclic) bond motifs is 1. The molecule has 1 amide bonds. The Bertz CT molecular complexity index is 1140. The van der Waals surface area contributed by atoms with Gasteiger partial charge in [-0.05, 0) is 85.0 Å². The van der Waals surface area contributed by atoms with E-state index in [0.29, 0.717) is 25.0 Å². The van der Waals surface area contributed by atoms with E-state index in [-0.39, 0.29) is 35.5 Å². The van der Waals surface area contributed by atoms with Gasteiger partial charge in [0.2, 0.25) is 5.91 Å². The molecule has 38 heavy (non-hydrogen) atoms. The smallest absolute Gasteiger partial charge is 0.416 e. The normalized spacial score (nSPS) is 23.5. The Morgan fingerprint density at radius 2 is 1.68 bits per heavy atom. The van der Waals surface area contributed by atoms with Crippen LogP contribution in [-0.4, -0.2) is 19.1 Å². The van der Waals surface area contributed by atoms with E-state index >= 15 is 0 Å². The van der Waals surface area contributed by atoms with Gasteiger partial charge in [0.15, 0.2) is 0 Å². The third kappa shape index (κ3) is 5.80. The van der Waals surface area contributed by atoms with Crippen molar-refractivity contribution in [3.63, 3.8) is 0 Å². The second-order valence-corrected chi connectivity index (χ2v) is 10.7. The highest BCUT2D eigenvalue weighted by Crippen LogP contribution is 2.46. The first-order valence-corrected chi connectivity index (χ1v) is 12.7. The molecule has 0 radical (unpaired) electrons. The number of hydrogen-bond acceptors (Lipinski definition) is 3. The molecule has 0 saturated heterocycles. The van der Waals surface area contributed by atoms with Crippen LogP contribution in [0, 0.1) is 11.3 Å². The summed E-state index contributed by atoms with van der Waals surface area (Å²) in [6.45, 7) is 3.42. The van der Waals surface area contributed by atoms with Gasteiger partial charge in [-0.3, -0.25) is 4.79 Å². The molecule has 4 nitrogen and oxygen atoms in total. The van der Waals surface area contributed by atoms with Gasteiger partial charge in [-0.1, -0.05) is 19.9 Å². The average Bonchev–Trinajstić information content (AvgIpc) is 3.46. The van der Waals surface area contributed by atoms with E-state index in [0.717, 1.165) is 25.0 Å². The summed E-state index contributed by atoms with van der Waals surface area (Å²) in [7, 11) is 1.63. The van der Waals surface area contributed by atoms with Crippen LogP contribution in [0.15, 0.2) is 36.4 Å². The number of methoxy groups -OCH3 is 1. The second kappa shape index (κ2) is 10.4. The minimum Gasteiger partial charge on any atom is -0.497 e. The Morgan fingerprint density at radius 3 is 2.26 bits per heavy atom. The Morgan fingerprint density at radius 1 is 1.03 bits per heavy atom. The molecular weight excluding hydrogens is 510 g/mol. The molecular formula is C28H32F6N2O2. The lowest BCUT2D eigenvalue weighted by molar-refractivity contribution is -0.143. The molecule has 0 heterocycles. The average molecular weight is 543 g/mol. The zero-order valence-corrected chi connectivity index (χ0v) is 21.5. The van der Waals surface area contributed by atoms with Crippen LogP contribution in [0.4, 0.5) is 26.3 Å². The first-order chi connectivity index (χ1) is 17.7. The Hall–Kier alpha value is -2.75. The molecule has 0 bridgehead atoms. The fourth-order valence-corrected chi connectivity index (χ4v) is 5.87. The van der Waals surface area contributed by atoms with Crippen LogP contribution in [0.25, 0.3) is 0 Å². The zero-order valence-electron chi connectivity index (χ0n) is 21.5. The SMILES string of the molecule is COc1ccc2c(c1)CCC2N[C@@H]1CC[C@@](C(=O)NCc2cc(C(F)(F)F)cc(C(F)(F)F)c2)(C(C)C)C1. The van der Waals surface area contributed by atoms with Crippen molar-refractivity contribution >= 4 is 5.91 Å². The molecule has 2 aromatic rings. The van der Waals surface area contributed by atoms with Crippen molar-refractivity contribution in [3.05, 3.63) is 64.2 Å². The first kappa shape index (κ1) is 28.3. The summed E-state index contributed by atoms with van der Waals surface area (Å²) < 4.78 is 84.6. The van der Waals surface area contributed by atoms with Crippen LogP contribution in [0.5, 0.6) is 5.75 Å². The van der Waals surface area contributed by atoms with Gasteiger partial charge < -0.3 is 15.4 Å². The van der Waals surface area contributed by atoms with Crippen molar-refractivity contribution in [1.82, 2.24) is 10.6 Å². The van der Waals surface area contributed by atoms with E-state index in [1.165, 1.54) is 11.1 Å². The second-order valence-electron chi connectivity index (χ2n) is 10.7. The van der Waals surface area contributed by atoms with E-state index in [9.17, 15) is 31.1 Å². The number of alkyl halides is 6. The largest absolute Gasteiger partial charge is 0.497 e. The molecule has 4 rings (SSSR count). The predicted molar refractivity (Wildman–Crippen MR) is 130 cm³/mol. The number of halogens is 6. The molecule has 0 aliphatic heterocycles. The molecule has 1 fully saturated rings. The molecule has 1 saturated carbocycles. The summed E-state index contributed by atoms with van der Waals surface area (Å²) in [5.74, 6) is 0.393. The minimum absolute atomic E-state index is 0.0617. The molecule has 208 valence electrons.